The summed E-state index contributed by atoms with van der Waals surface area (Å²) in [5, 5.41) is 2.18. The van der Waals surface area contributed by atoms with Crippen molar-refractivity contribution in [3.8, 4) is 0 Å². The molecular weight excluding hydrogens is 451 g/mol. The number of halogens is 3. The van der Waals surface area contributed by atoms with Crippen molar-refractivity contribution in [1.82, 2.24) is 9.88 Å². The van der Waals surface area contributed by atoms with Crippen LogP contribution in [0, 0.1) is 13.8 Å². The number of aromatic nitrogens is 1. The summed E-state index contributed by atoms with van der Waals surface area (Å²) in [6, 6.07) is 6.62. The first kappa shape index (κ1) is 23.2. The van der Waals surface area contributed by atoms with Crippen LogP contribution < -0.4 is 10.2 Å². The smallest absolute Gasteiger partial charge is 0.346 e. The van der Waals surface area contributed by atoms with Gasteiger partial charge >= 0.3 is 6.18 Å². The Labute approximate surface area is 195 Å². The highest BCUT2D eigenvalue weighted by Crippen LogP contribution is 2.34. The van der Waals surface area contributed by atoms with Crippen LogP contribution in [0.5, 0.6) is 0 Å². The lowest BCUT2D eigenvalue weighted by Crippen LogP contribution is -2.54. The highest BCUT2D eigenvalue weighted by atomic mass is 32.1. The normalized spacial score (nSPS) is 19.4. The number of nitrogens with one attached hydrogen (secondary N) is 1. The molecule has 0 atom stereocenters. The van der Waals surface area contributed by atoms with Crippen LogP contribution >= 0.6 is 12.2 Å². The molecule has 0 radical (unpaired) electrons. The van der Waals surface area contributed by atoms with Crippen molar-refractivity contribution in [3.63, 3.8) is 0 Å². The molecule has 1 saturated carbocycles. The summed E-state index contributed by atoms with van der Waals surface area (Å²) in [4.78, 5) is 26.8. The molecule has 2 amide bonds. The van der Waals surface area contributed by atoms with E-state index in [-0.39, 0.29) is 16.4 Å². The van der Waals surface area contributed by atoms with E-state index in [0.29, 0.717) is 6.04 Å². The second-order valence-electron chi connectivity index (χ2n) is 8.49. The van der Waals surface area contributed by atoms with Crippen molar-refractivity contribution in [3.05, 3.63) is 58.4 Å². The maximum absolute atomic E-state index is 13.2. The number of amides is 2. The summed E-state index contributed by atoms with van der Waals surface area (Å²) in [7, 11) is 0. The van der Waals surface area contributed by atoms with Gasteiger partial charge in [0.15, 0.2) is 5.11 Å². The third kappa shape index (κ3) is 4.46. The molecule has 2 heterocycles. The first-order chi connectivity index (χ1) is 15.6. The molecule has 0 spiro atoms. The molecule has 174 valence electrons. The first-order valence-corrected chi connectivity index (χ1v) is 11.3. The van der Waals surface area contributed by atoms with Gasteiger partial charge in [-0.1, -0.05) is 25.3 Å². The fourth-order valence-electron chi connectivity index (χ4n) is 4.72. The number of nitrogens with zero attached hydrogens (tertiary/aromatic N) is 2. The molecule has 33 heavy (non-hydrogen) atoms. The number of hydrogen-bond acceptors (Lipinski definition) is 3. The Bertz CT molecular complexity index is 1160. The minimum absolute atomic E-state index is 0.0570. The zero-order valence-corrected chi connectivity index (χ0v) is 19.1. The van der Waals surface area contributed by atoms with Gasteiger partial charge in [-0.15, -0.1) is 0 Å². The number of carbonyl (C=O) groups is 2. The van der Waals surface area contributed by atoms with E-state index in [1.807, 2.05) is 19.9 Å². The summed E-state index contributed by atoms with van der Waals surface area (Å²) in [6.45, 7) is 3.95. The number of rotatable bonds is 3. The van der Waals surface area contributed by atoms with Crippen LogP contribution in [-0.2, 0) is 15.8 Å². The van der Waals surface area contributed by atoms with E-state index in [1.54, 1.807) is 0 Å². The molecule has 0 unspecified atom stereocenters. The number of benzene rings is 1. The Morgan fingerprint density at radius 1 is 1.09 bits per heavy atom. The SMILES string of the molecule is Cc1cc(/C=C2\C(=O)NC(=S)N(c3cccc(C(F)(F)F)c3)C2=O)c(C)n1C1CCCCC1. The van der Waals surface area contributed by atoms with Gasteiger partial charge < -0.3 is 4.57 Å². The number of aryl methyl sites for hydroxylation is 1. The fraction of sp³-hybridized carbons (Fsp3) is 0.375. The van der Waals surface area contributed by atoms with Gasteiger partial charge in [0.1, 0.15) is 5.57 Å². The van der Waals surface area contributed by atoms with E-state index < -0.39 is 23.6 Å². The average molecular weight is 476 g/mol. The monoisotopic (exact) mass is 475 g/mol. The molecule has 0 bridgehead atoms. The third-order valence-corrected chi connectivity index (χ3v) is 6.58. The van der Waals surface area contributed by atoms with E-state index in [1.165, 1.54) is 37.5 Å². The largest absolute Gasteiger partial charge is 0.416 e. The molecule has 4 rings (SSSR count). The summed E-state index contributed by atoms with van der Waals surface area (Å²) in [6.07, 6.45) is 2.67. The molecule has 5 nitrogen and oxygen atoms in total. The van der Waals surface area contributed by atoms with Crippen molar-refractivity contribution < 1.29 is 22.8 Å². The minimum Gasteiger partial charge on any atom is -0.346 e. The highest BCUT2D eigenvalue weighted by Gasteiger charge is 2.37. The summed E-state index contributed by atoms with van der Waals surface area (Å²) < 4.78 is 41.8. The van der Waals surface area contributed by atoms with Crippen molar-refractivity contribution >= 4 is 40.9 Å². The van der Waals surface area contributed by atoms with Gasteiger partial charge in [0.25, 0.3) is 11.8 Å². The van der Waals surface area contributed by atoms with Crippen LogP contribution in [-0.4, -0.2) is 21.5 Å². The van der Waals surface area contributed by atoms with Crippen LogP contribution in [0.4, 0.5) is 18.9 Å². The van der Waals surface area contributed by atoms with Gasteiger partial charge in [-0.25, -0.2) is 0 Å². The number of hydrogen-bond donors (Lipinski definition) is 1. The number of anilines is 1. The van der Waals surface area contributed by atoms with Gasteiger partial charge in [-0.2, -0.15) is 13.2 Å². The molecule has 1 aliphatic carbocycles. The fourth-order valence-corrected chi connectivity index (χ4v) is 5.00. The summed E-state index contributed by atoms with van der Waals surface area (Å²) in [5.41, 5.74) is 1.58. The first-order valence-electron chi connectivity index (χ1n) is 10.8. The van der Waals surface area contributed by atoms with Crippen molar-refractivity contribution in [2.24, 2.45) is 0 Å². The Morgan fingerprint density at radius 3 is 2.45 bits per heavy atom. The maximum Gasteiger partial charge on any atom is 0.416 e. The number of thiocarbonyl (C=S) groups is 1. The molecular formula is C24H24F3N3O2S. The lowest BCUT2D eigenvalue weighted by atomic mass is 9.95. The van der Waals surface area contributed by atoms with Crippen molar-refractivity contribution in [2.75, 3.05) is 4.90 Å². The van der Waals surface area contributed by atoms with Crippen molar-refractivity contribution in [1.29, 1.82) is 0 Å². The number of carbonyl (C=O) groups excluding carboxylic acids is 2. The average Bonchev–Trinajstić information content (AvgIpc) is 3.04. The Hall–Kier alpha value is -2.94. The van der Waals surface area contributed by atoms with E-state index in [4.69, 9.17) is 12.2 Å². The van der Waals surface area contributed by atoms with Gasteiger partial charge in [0.2, 0.25) is 0 Å². The summed E-state index contributed by atoms with van der Waals surface area (Å²) in [5.74, 6) is -1.43. The molecule has 1 aromatic carbocycles. The van der Waals surface area contributed by atoms with Gasteiger partial charge in [-0.3, -0.25) is 19.8 Å². The van der Waals surface area contributed by atoms with Crippen LogP contribution in [0.2, 0.25) is 0 Å². The van der Waals surface area contributed by atoms with Crippen LogP contribution in [0.3, 0.4) is 0 Å². The lowest BCUT2D eigenvalue weighted by molar-refractivity contribution is -0.137. The van der Waals surface area contributed by atoms with E-state index in [9.17, 15) is 22.8 Å². The topological polar surface area (TPSA) is 54.3 Å². The molecule has 1 aliphatic heterocycles. The molecule has 1 N–H and O–H groups in total. The second-order valence-corrected chi connectivity index (χ2v) is 8.88. The molecule has 1 aromatic heterocycles. The molecule has 1 saturated heterocycles. The second kappa shape index (κ2) is 8.78. The van der Waals surface area contributed by atoms with E-state index in [2.05, 4.69) is 9.88 Å². The Morgan fingerprint density at radius 2 is 1.79 bits per heavy atom. The van der Waals surface area contributed by atoms with E-state index in [0.717, 1.165) is 46.8 Å². The quantitative estimate of drug-likeness (QED) is 0.364. The van der Waals surface area contributed by atoms with E-state index >= 15 is 0 Å². The molecule has 9 heteroatoms. The predicted molar refractivity (Wildman–Crippen MR) is 124 cm³/mol. The third-order valence-electron chi connectivity index (χ3n) is 6.30. The molecule has 2 aliphatic rings. The van der Waals surface area contributed by atoms with Gasteiger partial charge in [0.05, 0.1) is 11.3 Å². The zero-order valence-electron chi connectivity index (χ0n) is 18.3. The molecule has 2 aromatic rings. The lowest BCUT2D eigenvalue weighted by Gasteiger charge is -2.29. The highest BCUT2D eigenvalue weighted by molar-refractivity contribution is 7.80. The van der Waals surface area contributed by atoms with Gasteiger partial charge in [0, 0.05) is 17.4 Å². The van der Waals surface area contributed by atoms with Crippen LogP contribution in [0.15, 0.2) is 35.9 Å². The number of alkyl halides is 3. The Balaban J connectivity index is 1.71. The minimum atomic E-state index is -4.57. The zero-order chi connectivity index (χ0) is 23.9. The summed E-state index contributed by atoms with van der Waals surface area (Å²) >= 11 is 5.11. The predicted octanol–water partition coefficient (Wildman–Crippen LogP) is 5.46. The Kier molecular flexibility index (Phi) is 6.18. The van der Waals surface area contributed by atoms with Gasteiger partial charge in [-0.05, 0) is 74.8 Å². The van der Waals surface area contributed by atoms with Crippen LogP contribution in [0.1, 0.15) is 60.7 Å². The van der Waals surface area contributed by atoms with Crippen LogP contribution in [0.25, 0.3) is 6.08 Å². The maximum atomic E-state index is 13.2. The van der Waals surface area contributed by atoms with Crippen molar-refractivity contribution in [2.45, 2.75) is 58.2 Å². The molecule has 2 fully saturated rings. The standard InChI is InChI=1S/C24H24F3N3O2S/c1-14-11-16(15(2)29(14)18-8-4-3-5-9-18)12-20-21(31)28-23(33)30(22(20)32)19-10-6-7-17(13-19)24(25,26)27/h6-7,10-13,18H,3-5,8-9H2,1-2H3,(H,28,31,33)/b20-12+.